The summed E-state index contributed by atoms with van der Waals surface area (Å²) in [5.41, 5.74) is 2.26. The fourth-order valence-corrected chi connectivity index (χ4v) is 3.03. The van der Waals surface area contributed by atoms with Crippen LogP contribution in [0.5, 0.6) is 5.75 Å². The first-order valence-corrected chi connectivity index (χ1v) is 7.87. The highest BCUT2D eigenvalue weighted by Crippen LogP contribution is 2.28. The van der Waals surface area contributed by atoms with E-state index in [0.717, 1.165) is 36.5 Å². The Morgan fingerprint density at radius 2 is 1.95 bits per heavy atom. The van der Waals surface area contributed by atoms with Crippen LogP contribution in [0.25, 0.3) is 11.3 Å². The molecule has 0 aliphatic heterocycles. The van der Waals surface area contributed by atoms with Gasteiger partial charge in [-0.25, -0.2) is 4.98 Å². The van der Waals surface area contributed by atoms with E-state index in [1.807, 2.05) is 12.1 Å². The molecule has 20 heavy (non-hydrogen) atoms. The van der Waals surface area contributed by atoms with Gasteiger partial charge in [-0.3, -0.25) is 0 Å². The van der Waals surface area contributed by atoms with Crippen LogP contribution in [-0.2, 0) is 6.42 Å². The molecule has 0 aliphatic carbocycles. The molecule has 1 N–H and O–H groups in total. The average Bonchev–Trinajstić information content (AvgIpc) is 2.85. The van der Waals surface area contributed by atoms with Gasteiger partial charge in [0.2, 0.25) is 0 Å². The Kier molecular flexibility index (Phi) is 5.56. The van der Waals surface area contributed by atoms with Crippen LogP contribution in [0.2, 0.25) is 0 Å². The first kappa shape index (κ1) is 15.0. The minimum Gasteiger partial charge on any atom is -0.497 e. The van der Waals surface area contributed by atoms with Crippen molar-refractivity contribution >= 4 is 11.3 Å². The predicted molar refractivity (Wildman–Crippen MR) is 85.7 cm³/mol. The molecule has 108 valence electrons. The number of methoxy groups -OCH3 is 1. The van der Waals surface area contributed by atoms with Crippen LogP contribution in [-0.4, -0.2) is 25.2 Å². The zero-order chi connectivity index (χ0) is 14.4. The maximum atomic E-state index is 5.19. The van der Waals surface area contributed by atoms with Crippen LogP contribution in [0.3, 0.4) is 0 Å². The summed E-state index contributed by atoms with van der Waals surface area (Å²) in [6.45, 7) is 6.40. The largest absolute Gasteiger partial charge is 0.497 e. The summed E-state index contributed by atoms with van der Waals surface area (Å²) in [6, 6.07) is 8.10. The molecule has 0 unspecified atom stereocenters. The monoisotopic (exact) mass is 290 g/mol. The third-order valence-electron chi connectivity index (χ3n) is 3.15. The van der Waals surface area contributed by atoms with Crippen LogP contribution in [0, 0.1) is 6.92 Å². The minimum absolute atomic E-state index is 0.880. The van der Waals surface area contributed by atoms with Crippen molar-refractivity contribution in [1.29, 1.82) is 0 Å². The second-order valence-electron chi connectivity index (χ2n) is 4.74. The van der Waals surface area contributed by atoms with Gasteiger partial charge in [-0.1, -0.05) is 6.92 Å². The van der Waals surface area contributed by atoms with E-state index in [4.69, 9.17) is 9.72 Å². The molecule has 2 aromatic rings. The number of benzene rings is 1. The van der Waals surface area contributed by atoms with E-state index in [9.17, 15) is 0 Å². The zero-order valence-electron chi connectivity index (χ0n) is 12.4. The molecule has 0 fully saturated rings. The van der Waals surface area contributed by atoms with Crippen LogP contribution in [0.15, 0.2) is 24.3 Å². The summed E-state index contributed by atoms with van der Waals surface area (Å²) in [5.74, 6) is 0.880. The summed E-state index contributed by atoms with van der Waals surface area (Å²) in [5, 5.41) is 4.62. The third-order valence-corrected chi connectivity index (χ3v) is 4.18. The van der Waals surface area contributed by atoms with Gasteiger partial charge in [0.1, 0.15) is 5.75 Å². The van der Waals surface area contributed by atoms with E-state index < -0.39 is 0 Å². The molecule has 0 aliphatic rings. The number of aryl methyl sites for hydroxylation is 1. The molecule has 3 nitrogen and oxygen atoms in total. The van der Waals surface area contributed by atoms with Gasteiger partial charge in [0.05, 0.1) is 17.8 Å². The van der Waals surface area contributed by atoms with Gasteiger partial charge in [-0.05, 0) is 44.2 Å². The molecular formula is C16H22N2OS. The summed E-state index contributed by atoms with van der Waals surface area (Å²) in [7, 11) is 1.69. The van der Waals surface area contributed by atoms with Gasteiger partial charge >= 0.3 is 0 Å². The molecule has 2 rings (SSSR count). The fourth-order valence-electron chi connectivity index (χ4n) is 2.07. The Morgan fingerprint density at radius 3 is 2.60 bits per heavy atom. The summed E-state index contributed by atoms with van der Waals surface area (Å²) in [6.07, 6.45) is 2.18. The Hall–Kier alpha value is -1.39. The van der Waals surface area contributed by atoms with Crippen LogP contribution >= 0.6 is 11.3 Å². The van der Waals surface area contributed by atoms with E-state index in [1.165, 1.54) is 16.3 Å². The van der Waals surface area contributed by atoms with Crippen molar-refractivity contribution in [3.05, 3.63) is 34.2 Å². The number of ether oxygens (including phenoxy) is 1. The molecule has 1 aromatic carbocycles. The lowest BCUT2D eigenvalue weighted by atomic mass is 10.1. The molecule has 0 amide bonds. The molecule has 0 atom stereocenters. The van der Waals surface area contributed by atoms with Gasteiger partial charge in [0.25, 0.3) is 0 Å². The minimum atomic E-state index is 0.880. The predicted octanol–water partition coefficient (Wildman–Crippen LogP) is 3.67. The molecule has 0 radical (unpaired) electrons. The van der Waals surface area contributed by atoms with Crippen molar-refractivity contribution in [1.82, 2.24) is 10.3 Å². The normalized spacial score (nSPS) is 10.8. The van der Waals surface area contributed by atoms with Crippen LogP contribution < -0.4 is 10.1 Å². The highest BCUT2D eigenvalue weighted by atomic mass is 32.1. The van der Waals surface area contributed by atoms with Crippen LogP contribution in [0.4, 0.5) is 0 Å². The second-order valence-corrected chi connectivity index (χ2v) is 6.03. The van der Waals surface area contributed by atoms with Gasteiger partial charge < -0.3 is 10.1 Å². The maximum Gasteiger partial charge on any atom is 0.118 e. The van der Waals surface area contributed by atoms with E-state index in [0.29, 0.717) is 0 Å². The standard InChI is InChI=1S/C16H22N2OS/c1-4-10-17-11-9-15-18-16(12(2)20-15)13-5-7-14(19-3)8-6-13/h5-8,17H,4,9-11H2,1-3H3. The summed E-state index contributed by atoms with van der Waals surface area (Å²) >= 11 is 1.79. The second kappa shape index (κ2) is 7.41. The Balaban J connectivity index is 2.06. The van der Waals surface area contributed by atoms with Crippen molar-refractivity contribution in [2.75, 3.05) is 20.2 Å². The first-order chi connectivity index (χ1) is 9.74. The van der Waals surface area contributed by atoms with Crippen molar-refractivity contribution < 1.29 is 4.74 Å². The quantitative estimate of drug-likeness (QED) is 0.790. The molecular weight excluding hydrogens is 268 g/mol. The molecule has 4 heteroatoms. The lowest BCUT2D eigenvalue weighted by Crippen LogP contribution is -2.17. The zero-order valence-corrected chi connectivity index (χ0v) is 13.2. The first-order valence-electron chi connectivity index (χ1n) is 7.06. The smallest absolute Gasteiger partial charge is 0.118 e. The number of nitrogens with one attached hydrogen (secondary N) is 1. The topological polar surface area (TPSA) is 34.2 Å². The molecule has 0 bridgehead atoms. The molecule has 1 aromatic heterocycles. The van der Waals surface area contributed by atoms with Gasteiger partial charge in [-0.15, -0.1) is 11.3 Å². The number of nitrogens with zero attached hydrogens (tertiary/aromatic N) is 1. The van der Waals surface area contributed by atoms with E-state index in [-0.39, 0.29) is 0 Å². The van der Waals surface area contributed by atoms with Crippen LogP contribution in [0.1, 0.15) is 23.2 Å². The number of rotatable bonds is 7. The maximum absolute atomic E-state index is 5.19. The van der Waals surface area contributed by atoms with Crippen molar-refractivity contribution in [2.45, 2.75) is 26.7 Å². The number of thiazole rings is 1. The average molecular weight is 290 g/mol. The fraction of sp³-hybridized carbons (Fsp3) is 0.438. The Morgan fingerprint density at radius 1 is 1.20 bits per heavy atom. The van der Waals surface area contributed by atoms with Gasteiger partial charge in [0, 0.05) is 23.4 Å². The van der Waals surface area contributed by atoms with Gasteiger partial charge in [0.15, 0.2) is 0 Å². The molecule has 0 saturated carbocycles. The lowest BCUT2D eigenvalue weighted by molar-refractivity contribution is 0.415. The summed E-state index contributed by atoms with van der Waals surface area (Å²) < 4.78 is 5.19. The summed E-state index contributed by atoms with van der Waals surface area (Å²) in [4.78, 5) is 6.05. The number of hydrogen-bond acceptors (Lipinski definition) is 4. The highest BCUT2D eigenvalue weighted by Gasteiger charge is 2.09. The van der Waals surface area contributed by atoms with E-state index >= 15 is 0 Å². The van der Waals surface area contributed by atoms with E-state index in [1.54, 1.807) is 18.4 Å². The molecule has 0 spiro atoms. The molecule has 0 saturated heterocycles. The Bertz CT molecular complexity index is 534. The van der Waals surface area contributed by atoms with Crippen molar-refractivity contribution in [3.8, 4) is 17.0 Å². The molecule has 1 heterocycles. The lowest BCUT2D eigenvalue weighted by Gasteiger charge is -2.02. The third kappa shape index (κ3) is 3.81. The highest BCUT2D eigenvalue weighted by molar-refractivity contribution is 7.12. The number of aromatic nitrogens is 1. The van der Waals surface area contributed by atoms with Crippen molar-refractivity contribution in [2.24, 2.45) is 0 Å². The van der Waals surface area contributed by atoms with E-state index in [2.05, 4.69) is 31.3 Å². The Labute approximate surface area is 125 Å². The van der Waals surface area contributed by atoms with Crippen molar-refractivity contribution in [3.63, 3.8) is 0 Å². The SMILES string of the molecule is CCCNCCc1nc(-c2ccc(OC)cc2)c(C)s1. The number of hydrogen-bond donors (Lipinski definition) is 1. The van der Waals surface area contributed by atoms with Gasteiger partial charge in [-0.2, -0.15) is 0 Å².